The van der Waals surface area contributed by atoms with Gasteiger partial charge in [0.2, 0.25) is 5.91 Å². The molecule has 2 aliphatic carbocycles. The number of hydrogen-bond donors (Lipinski definition) is 1. The Bertz CT molecular complexity index is 1130. The van der Waals surface area contributed by atoms with Gasteiger partial charge in [0.05, 0.1) is 18.2 Å². The number of anilines is 1. The van der Waals surface area contributed by atoms with Crippen molar-refractivity contribution in [1.29, 1.82) is 0 Å². The van der Waals surface area contributed by atoms with Crippen molar-refractivity contribution in [1.82, 2.24) is 4.90 Å². The van der Waals surface area contributed by atoms with Gasteiger partial charge in [-0.05, 0) is 43.4 Å². The summed E-state index contributed by atoms with van der Waals surface area (Å²) >= 11 is 0. The number of ether oxygens (including phenoxy) is 1. The smallest absolute Gasteiger partial charge is 0.414 e. The summed E-state index contributed by atoms with van der Waals surface area (Å²) in [5.41, 5.74) is 1.90. The van der Waals surface area contributed by atoms with Crippen LogP contribution in [0.3, 0.4) is 0 Å². The average molecular weight is 481 g/mol. The second-order valence-corrected chi connectivity index (χ2v) is 9.61. The first kappa shape index (κ1) is 23.3. The summed E-state index contributed by atoms with van der Waals surface area (Å²) in [6.45, 7) is -0.160. The SMILES string of the molecule is O=C(O)CCC(=O)N(C1CC1)C1c2ccccc2N(C(=O)OCc2ccccc2F)C2CCCC21. The number of carbonyl (C=O) groups excluding carboxylic acids is 2. The molecule has 8 heteroatoms. The quantitative estimate of drug-likeness (QED) is 0.599. The van der Waals surface area contributed by atoms with Crippen molar-refractivity contribution in [2.45, 2.75) is 69.7 Å². The van der Waals surface area contributed by atoms with Crippen LogP contribution in [0.25, 0.3) is 0 Å². The fourth-order valence-corrected chi connectivity index (χ4v) is 5.72. The summed E-state index contributed by atoms with van der Waals surface area (Å²) in [6.07, 6.45) is 3.62. The number of rotatable bonds is 7. The van der Waals surface area contributed by atoms with Gasteiger partial charge in [-0.3, -0.25) is 14.5 Å². The highest BCUT2D eigenvalue weighted by molar-refractivity contribution is 5.91. The first-order valence-electron chi connectivity index (χ1n) is 12.3. The van der Waals surface area contributed by atoms with E-state index in [2.05, 4.69) is 0 Å². The first-order valence-corrected chi connectivity index (χ1v) is 12.3. The number of carboxylic acids is 1. The Labute approximate surface area is 203 Å². The first-order chi connectivity index (χ1) is 17.0. The van der Waals surface area contributed by atoms with Crippen LogP contribution < -0.4 is 4.90 Å². The lowest BCUT2D eigenvalue weighted by Crippen LogP contribution is -2.53. The largest absolute Gasteiger partial charge is 0.481 e. The molecule has 3 atom stereocenters. The van der Waals surface area contributed by atoms with Crippen molar-refractivity contribution < 1.29 is 28.6 Å². The van der Waals surface area contributed by atoms with Crippen molar-refractivity contribution in [2.24, 2.45) is 5.92 Å². The van der Waals surface area contributed by atoms with Crippen molar-refractivity contribution in [3.8, 4) is 0 Å². The number of nitrogens with zero attached hydrogens (tertiary/aromatic N) is 2. The maximum absolute atomic E-state index is 14.1. The van der Waals surface area contributed by atoms with Gasteiger partial charge in [0.1, 0.15) is 12.4 Å². The monoisotopic (exact) mass is 480 g/mol. The predicted octanol–water partition coefficient (Wildman–Crippen LogP) is 5.05. The maximum Gasteiger partial charge on any atom is 0.414 e. The number of carbonyl (C=O) groups is 3. The van der Waals surface area contributed by atoms with E-state index in [1.807, 2.05) is 29.2 Å². The summed E-state index contributed by atoms with van der Waals surface area (Å²) in [5.74, 6) is -1.52. The number of halogens is 1. The summed E-state index contributed by atoms with van der Waals surface area (Å²) in [4.78, 5) is 41.3. The predicted molar refractivity (Wildman–Crippen MR) is 126 cm³/mol. The van der Waals surface area contributed by atoms with Crippen LogP contribution in [-0.2, 0) is 20.9 Å². The molecular weight excluding hydrogens is 451 g/mol. The molecule has 2 aromatic carbocycles. The van der Waals surface area contributed by atoms with Gasteiger partial charge >= 0.3 is 12.1 Å². The van der Waals surface area contributed by atoms with Gasteiger partial charge in [-0.15, -0.1) is 0 Å². The number of para-hydroxylation sites is 1. The van der Waals surface area contributed by atoms with Crippen molar-refractivity contribution in [3.63, 3.8) is 0 Å². The molecule has 0 saturated heterocycles. The number of amides is 2. The molecule has 5 rings (SSSR count). The van der Waals surface area contributed by atoms with E-state index in [4.69, 9.17) is 9.84 Å². The van der Waals surface area contributed by atoms with Crippen molar-refractivity contribution in [3.05, 3.63) is 65.5 Å². The Morgan fingerprint density at radius 1 is 1.00 bits per heavy atom. The molecule has 3 aliphatic rings. The Hall–Kier alpha value is -3.42. The molecule has 0 radical (unpaired) electrons. The summed E-state index contributed by atoms with van der Waals surface area (Å²) in [6, 6.07) is 13.6. The van der Waals surface area contributed by atoms with Crippen LogP contribution in [0.15, 0.2) is 48.5 Å². The Balaban J connectivity index is 1.45. The Morgan fingerprint density at radius 2 is 1.74 bits per heavy atom. The van der Waals surface area contributed by atoms with Gasteiger partial charge in [0.15, 0.2) is 0 Å². The Morgan fingerprint density at radius 3 is 2.49 bits per heavy atom. The molecule has 2 fully saturated rings. The van der Waals surface area contributed by atoms with Crippen molar-refractivity contribution in [2.75, 3.05) is 4.90 Å². The third kappa shape index (κ3) is 4.61. The van der Waals surface area contributed by atoms with E-state index in [1.165, 1.54) is 6.07 Å². The van der Waals surface area contributed by atoms with Gasteiger partial charge in [0, 0.05) is 30.0 Å². The number of hydrogen-bond acceptors (Lipinski definition) is 4. The molecule has 1 aliphatic heterocycles. The van der Waals surface area contributed by atoms with Crippen LogP contribution in [0.2, 0.25) is 0 Å². The maximum atomic E-state index is 14.1. The molecule has 0 aromatic heterocycles. The third-order valence-corrected chi connectivity index (χ3v) is 7.37. The van der Waals surface area contributed by atoms with E-state index in [9.17, 15) is 18.8 Å². The zero-order valence-corrected chi connectivity index (χ0v) is 19.4. The highest BCUT2D eigenvalue weighted by Gasteiger charge is 2.51. The molecule has 7 nitrogen and oxygen atoms in total. The fourth-order valence-electron chi connectivity index (χ4n) is 5.72. The molecule has 1 N–H and O–H groups in total. The lowest BCUT2D eigenvalue weighted by atomic mass is 9.81. The van der Waals surface area contributed by atoms with Crippen LogP contribution in [-0.4, -0.2) is 40.1 Å². The number of aliphatic carboxylic acids is 1. The number of benzene rings is 2. The minimum Gasteiger partial charge on any atom is -0.481 e. The molecule has 2 saturated carbocycles. The summed E-state index contributed by atoms with van der Waals surface area (Å²) in [5, 5.41) is 9.11. The van der Waals surface area contributed by atoms with E-state index in [0.29, 0.717) is 11.3 Å². The van der Waals surface area contributed by atoms with Crippen LogP contribution >= 0.6 is 0 Å². The third-order valence-electron chi connectivity index (χ3n) is 7.37. The van der Waals surface area contributed by atoms with Gasteiger partial charge in [-0.2, -0.15) is 0 Å². The molecule has 2 amide bonds. The van der Waals surface area contributed by atoms with Gasteiger partial charge in [0.25, 0.3) is 0 Å². The fraction of sp³-hybridized carbons (Fsp3) is 0.444. The van der Waals surface area contributed by atoms with E-state index < -0.39 is 17.9 Å². The Kier molecular flexibility index (Phi) is 6.45. The minimum absolute atomic E-state index is 0.0280. The molecule has 35 heavy (non-hydrogen) atoms. The normalized spacial score (nSPS) is 22.8. The second-order valence-electron chi connectivity index (χ2n) is 9.61. The van der Waals surface area contributed by atoms with Crippen LogP contribution in [0.4, 0.5) is 14.9 Å². The molecular formula is C27H29FN2O5. The van der Waals surface area contributed by atoms with E-state index in [0.717, 1.165) is 37.7 Å². The molecule has 1 heterocycles. The second kappa shape index (κ2) is 9.68. The minimum atomic E-state index is -0.986. The van der Waals surface area contributed by atoms with Crippen LogP contribution in [0.1, 0.15) is 62.1 Å². The molecule has 0 spiro atoms. The summed E-state index contributed by atoms with van der Waals surface area (Å²) < 4.78 is 19.6. The lowest BCUT2D eigenvalue weighted by Gasteiger charge is -2.47. The zero-order chi connectivity index (χ0) is 24.5. The van der Waals surface area contributed by atoms with Crippen LogP contribution in [0.5, 0.6) is 0 Å². The topological polar surface area (TPSA) is 87.2 Å². The van der Waals surface area contributed by atoms with Gasteiger partial charge < -0.3 is 14.7 Å². The molecule has 3 unspecified atom stereocenters. The van der Waals surface area contributed by atoms with E-state index >= 15 is 0 Å². The van der Waals surface area contributed by atoms with E-state index in [1.54, 1.807) is 23.1 Å². The molecule has 0 bridgehead atoms. The summed E-state index contributed by atoms with van der Waals surface area (Å²) in [7, 11) is 0. The number of fused-ring (bicyclic) bond motifs is 2. The molecule has 184 valence electrons. The van der Waals surface area contributed by atoms with Gasteiger partial charge in [-0.1, -0.05) is 42.8 Å². The van der Waals surface area contributed by atoms with Gasteiger partial charge in [-0.25, -0.2) is 9.18 Å². The van der Waals surface area contributed by atoms with E-state index in [-0.39, 0.29) is 49.4 Å². The number of carboxylic acid groups (broad SMARTS) is 1. The molecule has 2 aromatic rings. The average Bonchev–Trinajstić information content (AvgIpc) is 3.57. The standard InChI is InChI=1S/C27H29FN2O5/c28-21-9-3-1-6-17(21)16-35-27(34)30-22-10-4-2-7-19(22)26(20-8-5-11-23(20)30)29(18-12-13-18)24(31)14-15-25(32)33/h1-4,6-7,9-10,18,20,23,26H,5,8,11-16H2,(H,32,33). The highest BCUT2D eigenvalue weighted by atomic mass is 19.1. The van der Waals surface area contributed by atoms with Crippen LogP contribution in [0, 0.1) is 11.7 Å². The lowest BCUT2D eigenvalue weighted by molar-refractivity contribution is -0.142. The van der Waals surface area contributed by atoms with Crippen molar-refractivity contribution >= 4 is 23.7 Å². The highest BCUT2D eigenvalue weighted by Crippen LogP contribution is 2.52. The zero-order valence-electron chi connectivity index (χ0n) is 19.4.